The molecule has 7 nitrogen and oxygen atoms in total. The fourth-order valence-electron chi connectivity index (χ4n) is 1.95. The van der Waals surface area contributed by atoms with Gasteiger partial charge in [-0.05, 0) is 18.9 Å². The summed E-state index contributed by atoms with van der Waals surface area (Å²) in [7, 11) is 0. The minimum atomic E-state index is -1.04. The Balaban J connectivity index is 2.20. The molecule has 1 fully saturated rings. The van der Waals surface area contributed by atoms with Gasteiger partial charge in [0.1, 0.15) is 6.04 Å². The number of amides is 1. The molecule has 1 aromatic heterocycles. The third-order valence-electron chi connectivity index (χ3n) is 2.78. The molecule has 1 aromatic rings. The van der Waals surface area contributed by atoms with Crippen LogP contribution in [-0.4, -0.2) is 39.4 Å². The van der Waals surface area contributed by atoms with Crippen molar-refractivity contribution in [2.24, 2.45) is 0 Å². The molecule has 0 radical (unpaired) electrons. The van der Waals surface area contributed by atoms with E-state index in [0.29, 0.717) is 19.4 Å². The van der Waals surface area contributed by atoms with Crippen LogP contribution in [0.4, 0.5) is 5.00 Å². The summed E-state index contributed by atoms with van der Waals surface area (Å²) >= 11 is 0.766. The molecule has 1 amide bonds. The minimum absolute atomic E-state index is 0.121. The Morgan fingerprint density at radius 3 is 2.78 bits per heavy atom. The Morgan fingerprint density at radius 2 is 2.22 bits per heavy atom. The molecule has 2 rings (SSSR count). The number of carboxylic acids is 1. The lowest BCUT2D eigenvalue weighted by atomic mass is 10.2. The van der Waals surface area contributed by atoms with Gasteiger partial charge in [-0.25, -0.2) is 4.79 Å². The van der Waals surface area contributed by atoms with Crippen molar-refractivity contribution < 1.29 is 19.6 Å². The van der Waals surface area contributed by atoms with Crippen molar-refractivity contribution in [3.8, 4) is 0 Å². The number of likely N-dealkylation sites (tertiary alicyclic amines) is 1. The van der Waals surface area contributed by atoms with E-state index >= 15 is 0 Å². The SMILES string of the molecule is O=C(O)[C@H]1CCCN1C(=O)c1ccc([N+](=O)[O-])s1. The molecule has 0 unspecified atom stereocenters. The van der Waals surface area contributed by atoms with Crippen molar-refractivity contribution in [1.29, 1.82) is 0 Å². The zero-order valence-electron chi connectivity index (χ0n) is 9.24. The van der Waals surface area contributed by atoms with Crippen molar-refractivity contribution in [3.63, 3.8) is 0 Å². The largest absolute Gasteiger partial charge is 0.480 e. The smallest absolute Gasteiger partial charge is 0.326 e. The van der Waals surface area contributed by atoms with Crippen LogP contribution in [0.1, 0.15) is 22.5 Å². The van der Waals surface area contributed by atoms with Crippen molar-refractivity contribution in [2.75, 3.05) is 6.54 Å². The molecule has 0 saturated carbocycles. The predicted molar refractivity (Wildman–Crippen MR) is 62.7 cm³/mol. The molecule has 0 spiro atoms. The number of carboxylic acid groups (broad SMARTS) is 1. The molecule has 96 valence electrons. The van der Waals surface area contributed by atoms with Gasteiger partial charge in [0.25, 0.3) is 5.91 Å². The van der Waals surface area contributed by atoms with Crippen LogP contribution in [0, 0.1) is 10.1 Å². The normalized spacial score (nSPS) is 18.9. The highest BCUT2D eigenvalue weighted by Gasteiger charge is 2.35. The molecule has 1 saturated heterocycles. The highest BCUT2D eigenvalue weighted by molar-refractivity contribution is 7.17. The topological polar surface area (TPSA) is 101 Å². The quantitative estimate of drug-likeness (QED) is 0.659. The van der Waals surface area contributed by atoms with E-state index in [9.17, 15) is 19.7 Å². The van der Waals surface area contributed by atoms with Crippen LogP contribution < -0.4 is 0 Å². The Morgan fingerprint density at radius 1 is 1.50 bits per heavy atom. The van der Waals surface area contributed by atoms with Crippen LogP contribution in [0.2, 0.25) is 0 Å². The van der Waals surface area contributed by atoms with Gasteiger partial charge in [-0.2, -0.15) is 0 Å². The van der Waals surface area contributed by atoms with Crippen molar-refractivity contribution in [1.82, 2.24) is 4.90 Å². The lowest BCUT2D eigenvalue weighted by molar-refractivity contribution is -0.380. The van der Waals surface area contributed by atoms with Crippen LogP contribution in [-0.2, 0) is 4.79 Å². The van der Waals surface area contributed by atoms with Crippen molar-refractivity contribution >= 4 is 28.2 Å². The summed E-state index contributed by atoms with van der Waals surface area (Å²) in [5.74, 6) is -1.48. The summed E-state index contributed by atoms with van der Waals surface area (Å²) < 4.78 is 0. The molecule has 0 aromatic carbocycles. The fraction of sp³-hybridized carbons (Fsp3) is 0.400. The molecule has 1 N–H and O–H groups in total. The van der Waals surface area contributed by atoms with Crippen LogP contribution in [0.15, 0.2) is 12.1 Å². The lowest BCUT2D eigenvalue weighted by Crippen LogP contribution is -2.40. The maximum Gasteiger partial charge on any atom is 0.326 e. The molecule has 1 aliphatic rings. The van der Waals surface area contributed by atoms with Crippen molar-refractivity contribution in [3.05, 3.63) is 27.1 Å². The average molecular weight is 270 g/mol. The first-order chi connectivity index (χ1) is 8.50. The Kier molecular flexibility index (Phi) is 3.28. The van der Waals surface area contributed by atoms with Crippen molar-refractivity contribution in [2.45, 2.75) is 18.9 Å². The Bertz CT molecular complexity index is 512. The van der Waals surface area contributed by atoms with E-state index in [1.165, 1.54) is 17.0 Å². The number of hydrogen-bond donors (Lipinski definition) is 1. The number of nitro groups is 1. The van der Waals surface area contributed by atoms with E-state index in [0.717, 1.165) is 11.3 Å². The van der Waals surface area contributed by atoms with Gasteiger partial charge in [-0.15, -0.1) is 0 Å². The van der Waals surface area contributed by atoms with E-state index in [-0.39, 0.29) is 9.88 Å². The number of carbonyl (C=O) groups is 2. The number of hydrogen-bond acceptors (Lipinski definition) is 5. The van der Waals surface area contributed by atoms with E-state index in [4.69, 9.17) is 5.11 Å². The van der Waals surface area contributed by atoms with Gasteiger partial charge in [0.15, 0.2) is 0 Å². The van der Waals surface area contributed by atoms with Gasteiger partial charge in [0.2, 0.25) is 0 Å². The average Bonchev–Trinajstić information content (AvgIpc) is 2.97. The Labute approximate surface area is 106 Å². The van der Waals surface area contributed by atoms with E-state index in [1.54, 1.807) is 0 Å². The van der Waals surface area contributed by atoms with E-state index < -0.39 is 22.8 Å². The van der Waals surface area contributed by atoms with Gasteiger partial charge in [0.05, 0.1) is 9.80 Å². The number of rotatable bonds is 3. The number of carbonyl (C=O) groups excluding carboxylic acids is 1. The summed E-state index contributed by atoms with van der Waals surface area (Å²) in [5.41, 5.74) is 0. The summed E-state index contributed by atoms with van der Waals surface area (Å²) in [6, 6.07) is 1.80. The second-order valence-electron chi connectivity index (χ2n) is 3.89. The summed E-state index contributed by atoms with van der Waals surface area (Å²) in [6.07, 6.45) is 1.06. The van der Waals surface area contributed by atoms with Gasteiger partial charge in [-0.3, -0.25) is 14.9 Å². The van der Waals surface area contributed by atoms with Crippen LogP contribution in [0.5, 0.6) is 0 Å². The molecule has 8 heteroatoms. The molecule has 18 heavy (non-hydrogen) atoms. The first-order valence-corrected chi connectivity index (χ1v) is 6.10. The minimum Gasteiger partial charge on any atom is -0.480 e. The molecule has 1 atom stereocenters. The van der Waals surface area contributed by atoms with Crippen LogP contribution in [0.3, 0.4) is 0 Å². The lowest BCUT2D eigenvalue weighted by Gasteiger charge is -2.20. The van der Waals surface area contributed by atoms with Gasteiger partial charge in [0, 0.05) is 12.6 Å². The summed E-state index contributed by atoms with van der Waals surface area (Å²) in [6.45, 7) is 0.376. The molecular formula is C10H10N2O5S. The van der Waals surface area contributed by atoms with E-state index in [2.05, 4.69) is 0 Å². The second-order valence-corrected chi connectivity index (χ2v) is 4.95. The molecule has 0 aliphatic carbocycles. The third-order valence-corrected chi connectivity index (χ3v) is 3.81. The standard InChI is InChI=1S/C10H10N2O5S/c13-9(7-3-4-8(18-7)12(16)17)11-5-1-2-6(11)10(14)15/h3-4,6H,1-2,5H2,(H,14,15)/t6-/m1/s1. The maximum atomic E-state index is 12.0. The summed E-state index contributed by atoms with van der Waals surface area (Å²) in [5, 5.41) is 19.4. The molecule has 0 bridgehead atoms. The number of thiophene rings is 1. The molecule has 1 aliphatic heterocycles. The highest BCUT2D eigenvalue weighted by atomic mass is 32.1. The predicted octanol–water partition coefficient (Wildman–Crippen LogP) is 1.35. The zero-order valence-corrected chi connectivity index (χ0v) is 10.1. The number of aliphatic carboxylic acids is 1. The van der Waals surface area contributed by atoms with Crippen LogP contribution in [0.25, 0.3) is 0 Å². The summed E-state index contributed by atoms with van der Waals surface area (Å²) in [4.78, 5) is 34.4. The number of nitrogens with zero attached hydrogens (tertiary/aromatic N) is 2. The fourth-order valence-corrected chi connectivity index (χ4v) is 2.73. The van der Waals surface area contributed by atoms with Gasteiger partial charge < -0.3 is 10.0 Å². The van der Waals surface area contributed by atoms with E-state index in [1.807, 2.05) is 0 Å². The maximum absolute atomic E-state index is 12.0. The highest BCUT2D eigenvalue weighted by Crippen LogP contribution is 2.27. The van der Waals surface area contributed by atoms with Gasteiger partial charge in [-0.1, -0.05) is 11.3 Å². The molecule has 2 heterocycles. The first-order valence-electron chi connectivity index (χ1n) is 5.28. The third kappa shape index (κ3) is 2.19. The monoisotopic (exact) mass is 270 g/mol. The zero-order chi connectivity index (χ0) is 13.3. The molecular weight excluding hydrogens is 260 g/mol. The van der Waals surface area contributed by atoms with Crippen LogP contribution >= 0.6 is 11.3 Å². The first kappa shape index (κ1) is 12.5. The Hall–Kier alpha value is -1.96. The second kappa shape index (κ2) is 4.73. The van der Waals surface area contributed by atoms with Gasteiger partial charge >= 0.3 is 11.0 Å².